The topological polar surface area (TPSA) is 12.0 Å². The Labute approximate surface area is 118 Å². The van der Waals surface area contributed by atoms with Crippen LogP contribution in [-0.4, -0.2) is 6.54 Å². The van der Waals surface area contributed by atoms with Crippen molar-refractivity contribution in [2.24, 2.45) is 5.92 Å². The van der Waals surface area contributed by atoms with Crippen molar-refractivity contribution in [3.05, 3.63) is 27.7 Å². The van der Waals surface area contributed by atoms with E-state index in [1.54, 1.807) is 0 Å². The van der Waals surface area contributed by atoms with Crippen molar-refractivity contribution in [3.63, 3.8) is 0 Å². The lowest BCUT2D eigenvalue weighted by molar-refractivity contribution is 0.473. The number of halogens is 2. The number of anilines is 1. The summed E-state index contributed by atoms with van der Waals surface area (Å²) in [5.41, 5.74) is 1.02. The predicted octanol–water partition coefficient (Wildman–Crippen LogP) is 5.73. The van der Waals surface area contributed by atoms with Gasteiger partial charge in [-0.15, -0.1) is 0 Å². The van der Waals surface area contributed by atoms with Crippen molar-refractivity contribution in [3.8, 4) is 0 Å². The normalized spacial score (nSPS) is 12.5. The van der Waals surface area contributed by atoms with Gasteiger partial charge in [-0.2, -0.15) is 0 Å². The van der Waals surface area contributed by atoms with Crippen molar-refractivity contribution in [2.45, 2.75) is 39.5 Å². The number of nitrogens with one attached hydrogen (secondary N) is 1. The van der Waals surface area contributed by atoms with E-state index in [0.29, 0.717) is 0 Å². The summed E-state index contributed by atoms with van der Waals surface area (Å²) in [4.78, 5) is 0. The third-order valence-electron chi connectivity index (χ3n) is 3.05. The molecule has 1 unspecified atom stereocenters. The average molecular weight is 319 g/mol. The van der Waals surface area contributed by atoms with E-state index in [1.807, 2.05) is 18.2 Å². The van der Waals surface area contributed by atoms with E-state index in [1.165, 1.54) is 25.7 Å². The highest BCUT2D eigenvalue weighted by molar-refractivity contribution is 9.10. The minimum Gasteiger partial charge on any atom is -0.384 e. The van der Waals surface area contributed by atoms with Crippen LogP contribution >= 0.6 is 27.5 Å². The molecule has 0 aromatic heterocycles. The van der Waals surface area contributed by atoms with Gasteiger partial charge >= 0.3 is 0 Å². The van der Waals surface area contributed by atoms with E-state index in [4.69, 9.17) is 11.6 Å². The molecule has 0 spiro atoms. The van der Waals surface area contributed by atoms with Crippen LogP contribution in [0.25, 0.3) is 0 Å². The highest BCUT2D eigenvalue weighted by Crippen LogP contribution is 2.26. The Morgan fingerprint density at radius 2 is 2.12 bits per heavy atom. The molecule has 17 heavy (non-hydrogen) atoms. The van der Waals surface area contributed by atoms with Gasteiger partial charge in [-0.3, -0.25) is 0 Å². The molecule has 1 nitrogen and oxygen atoms in total. The zero-order valence-corrected chi connectivity index (χ0v) is 12.9. The van der Waals surface area contributed by atoms with Crippen molar-refractivity contribution < 1.29 is 0 Å². The van der Waals surface area contributed by atoms with Crippen LogP contribution in [0.1, 0.15) is 39.5 Å². The Kier molecular flexibility index (Phi) is 6.98. The Bertz CT molecular complexity index is 341. The zero-order chi connectivity index (χ0) is 12.7. The summed E-state index contributed by atoms with van der Waals surface area (Å²) in [7, 11) is 0. The Morgan fingerprint density at radius 3 is 2.76 bits per heavy atom. The maximum atomic E-state index is 6.14. The molecular formula is C14H21BrClN. The van der Waals surface area contributed by atoms with Crippen LogP contribution in [0.3, 0.4) is 0 Å². The summed E-state index contributed by atoms with van der Waals surface area (Å²) < 4.78 is 1.06. The smallest absolute Gasteiger partial charge is 0.0638 e. The van der Waals surface area contributed by atoms with Gasteiger partial charge in [0.2, 0.25) is 0 Å². The van der Waals surface area contributed by atoms with Crippen molar-refractivity contribution in [1.82, 2.24) is 0 Å². The third-order valence-corrected chi connectivity index (χ3v) is 3.88. The van der Waals surface area contributed by atoms with Gasteiger partial charge in [0.25, 0.3) is 0 Å². The first-order valence-electron chi connectivity index (χ1n) is 6.36. The van der Waals surface area contributed by atoms with Gasteiger partial charge in [-0.1, -0.05) is 60.6 Å². The minimum atomic E-state index is 0.741. The SMILES string of the molecule is CCCCC(CC)CNc1cc(Br)ccc1Cl. The van der Waals surface area contributed by atoms with E-state index in [0.717, 1.165) is 27.6 Å². The lowest BCUT2D eigenvalue weighted by Gasteiger charge is -2.17. The zero-order valence-electron chi connectivity index (χ0n) is 10.6. The Morgan fingerprint density at radius 1 is 1.35 bits per heavy atom. The monoisotopic (exact) mass is 317 g/mol. The van der Waals surface area contributed by atoms with Crippen molar-refractivity contribution in [2.75, 3.05) is 11.9 Å². The van der Waals surface area contributed by atoms with E-state index in [2.05, 4.69) is 35.1 Å². The van der Waals surface area contributed by atoms with Crippen LogP contribution in [-0.2, 0) is 0 Å². The lowest BCUT2D eigenvalue weighted by Crippen LogP contribution is -2.13. The first-order valence-corrected chi connectivity index (χ1v) is 7.53. The maximum absolute atomic E-state index is 6.14. The second-order valence-corrected chi connectivity index (χ2v) is 5.74. The van der Waals surface area contributed by atoms with Crippen LogP contribution in [0.15, 0.2) is 22.7 Å². The summed E-state index contributed by atoms with van der Waals surface area (Å²) in [6, 6.07) is 5.91. The molecule has 0 radical (unpaired) electrons. The first-order chi connectivity index (χ1) is 8.17. The van der Waals surface area contributed by atoms with Gasteiger partial charge < -0.3 is 5.32 Å². The highest BCUT2D eigenvalue weighted by Gasteiger charge is 2.07. The molecule has 3 heteroatoms. The molecule has 0 fully saturated rings. The Hall–Kier alpha value is -0.210. The number of rotatable bonds is 7. The fourth-order valence-corrected chi connectivity index (χ4v) is 2.38. The van der Waals surface area contributed by atoms with Crippen LogP contribution in [0.2, 0.25) is 5.02 Å². The van der Waals surface area contributed by atoms with Crippen molar-refractivity contribution >= 4 is 33.2 Å². The predicted molar refractivity (Wildman–Crippen MR) is 80.9 cm³/mol. The second kappa shape index (κ2) is 7.99. The third kappa shape index (κ3) is 5.31. The molecular weight excluding hydrogens is 298 g/mol. The Balaban J connectivity index is 2.50. The van der Waals surface area contributed by atoms with Crippen LogP contribution in [0.5, 0.6) is 0 Å². The maximum Gasteiger partial charge on any atom is 0.0638 e. The lowest BCUT2D eigenvalue weighted by atomic mass is 9.99. The summed E-state index contributed by atoms with van der Waals surface area (Å²) in [5.74, 6) is 0.741. The molecule has 1 aromatic rings. The molecule has 1 aromatic carbocycles. The summed E-state index contributed by atoms with van der Waals surface area (Å²) in [5, 5.41) is 4.24. The molecule has 0 aliphatic carbocycles. The van der Waals surface area contributed by atoms with Crippen LogP contribution in [0, 0.1) is 5.92 Å². The van der Waals surface area contributed by atoms with E-state index in [-0.39, 0.29) is 0 Å². The quantitative estimate of drug-likeness (QED) is 0.677. The fraction of sp³-hybridized carbons (Fsp3) is 0.571. The number of unbranched alkanes of at least 4 members (excludes halogenated alkanes) is 1. The van der Waals surface area contributed by atoms with E-state index >= 15 is 0 Å². The number of hydrogen-bond donors (Lipinski definition) is 1. The van der Waals surface area contributed by atoms with Crippen molar-refractivity contribution in [1.29, 1.82) is 0 Å². The molecule has 1 atom stereocenters. The molecule has 1 N–H and O–H groups in total. The fourth-order valence-electron chi connectivity index (χ4n) is 1.83. The van der Waals surface area contributed by atoms with E-state index in [9.17, 15) is 0 Å². The summed E-state index contributed by atoms with van der Waals surface area (Å²) in [6.07, 6.45) is 5.10. The second-order valence-electron chi connectivity index (χ2n) is 4.42. The molecule has 0 saturated carbocycles. The summed E-state index contributed by atoms with van der Waals surface area (Å²) >= 11 is 9.61. The standard InChI is InChI=1S/C14H21BrClN/c1-3-5-6-11(4-2)10-17-14-9-12(15)7-8-13(14)16/h7-9,11,17H,3-6,10H2,1-2H3. The molecule has 0 amide bonds. The van der Waals surface area contributed by atoms with Crippen LogP contribution in [0.4, 0.5) is 5.69 Å². The number of hydrogen-bond acceptors (Lipinski definition) is 1. The minimum absolute atomic E-state index is 0.741. The highest BCUT2D eigenvalue weighted by atomic mass is 79.9. The van der Waals surface area contributed by atoms with Crippen LogP contribution < -0.4 is 5.32 Å². The van der Waals surface area contributed by atoms with Gasteiger partial charge in [-0.05, 0) is 30.5 Å². The molecule has 0 bridgehead atoms. The molecule has 0 saturated heterocycles. The molecule has 96 valence electrons. The van der Waals surface area contributed by atoms with Gasteiger partial charge in [0.15, 0.2) is 0 Å². The average Bonchev–Trinajstić information content (AvgIpc) is 2.33. The summed E-state index contributed by atoms with van der Waals surface area (Å²) in [6.45, 7) is 5.50. The molecule has 0 aliphatic heterocycles. The largest absolute Gasteiger partial charge is 0.384 e. The van der Waals surface area contributed by atoms with Gasteiger partial charge in [0.05, 0.1) is 10.7 Å². The van der Waals surface area contributed by atoms with E-state index < -0.39 is 0 Å². The molecule has 1 rings (SSSR count). The van der Waals surface area contributed by atoms with Gasteiger partial charge in [0.1, 0.15) is 0 Å². The first kappa shape index (κ1) is 14.8. The number of benzene rings is 1. The van der Waals surface area contributed by atoms with Gasteiger partial charge in [-0.25, -0.2) is 0 Å². The van der Waals surface area contributed by atoms with Gasteiger partial charge in [0, 0.05) is 11.0 Å². The molecule has 0 aliphatic rings. The molecule has 0 heterocycles.